The van der Waals surface area contributed by atoms with Gasteiger partial charge in [-0.25, -0.2) is 0 Å². The average Bonchev–Trinajstić information content (AvgIpc) is 2.31. The quantitative estimate of drug-likeness (QED) is 0.572. The van der Waals surface area contributed by atoms with Crippen LogP contribution < -0.4 is 11.1 Å². The Morgan fingerprint density at radius 1 is 1.25 bits per heavy atom. The lowest BCUT2D eigenvalue weighted by Gasteiger charge is -2.23. The summed E-state index contributed by atoms with van der Waals surface area (Å²) in [6, 6.07) is 0. The molecular formula is C15H30N2O3. The maximum Gasteiger partial charge on any atom is 0.308 e. The molecule has 0 heterocycles. The number of hydrogen-bond donors (Lipinski definition) is 3. The van der Waals surface area contributed by atoms with Gasteiger partial charge in [0.05, 0.1) is 5.92 Å². The largest absolute Gasteiger partial charge is 0.481 e. The van der Waals surface area contributed by atoms with E-state index in [1.165, 1.54) is 0 Å². The monoisotopic (exact) mass is 286 g/mol. The summed E-state index contributed by atoms with van der Waals surface area (Å²) < 4.78 is 0. The normalized spacial score (nSPS) is 13.3. The van der Waals surface area contributed by atoms with Crippen LogP contribution in [0.2, 0.25) is 0 Å². The fourth-order valence-electron chi connectivity index (χ4n) is 2.13. The van der Waals surface area contributed by atoms with E-state index in [9.17, 15) is 9.59 Å². The minimum Gasteiger partial charge on any atom is -0.481 e. The van der Waals surface area contributed by atoms with Crippen molar-refractivity contribution in [1.29, 1.82) is 0 Å². The molecule has 0 fully saturated rings. The Morgan fingerprint density at radius 3 is 2.30 bits per heavy atom. The third kappa shape index (κ3) is 8.91. The molecule has 0 aromatic heterocycles. The standard InChI is InChI=1S/C15H30N2O3/c1-11(2)9-12(14(19)20)10-17-13(18)5-6-15(3,4)7-8-16/h11-12H,5-10,16H2,1-4H3,(H,17,18)(H,19,20). The van der Waals surface area contributed by atoms with Crippen LogP contribution in [0.15, 0.2) is 0 Å². The van der Waals surface area contributed by atoms with Gasteiger partial charge in [-0.15, -0.1) is 0 Å². The first-order valence-electron chi connectivity index (χ1n) is 7.37. The van der Waals surface area contributed by atoms with E-state index in [0.29, 0.717) is 25.3 Å². The van der Waals surface area contributed by atoms with Crippen LogP contribution in [0.3, 0.4) is 0 Å². The zero-order valence-electron chi connectivity index (χ0n) is 13.2. The predicted molar refractivity (Wildman–Crippen MR) is 80.3 cm³/mol. The highest BCUT2D eigenvalue weighted by Gasteiger charge is 2.21. The van der Waals surface area contributed by atoms with E-state index in [1.807, 2.05) is 13.8 Å². The van der Waals surface area contributed by atoms with Crippen LogP contribution in [0.4, 0.5) is 0 Å². The first-order chi connectivity index (χ1) is 9.18. The molecule has 1 unspecified atom stereocenters. The van der Waals surface area contributed by atoms with Gasteiger partial charge in [0.2, 0.25) is 5.91 Å². The van der Waals surface area contributed by atoms with E-state index < -0.39 is 11.9 Å². The summed E-state index contributed by atoms with van der Waals surface area (Å²) in [5.74, 6) is -1.12. The number of carbonyl (C=O) groups is 2. The number of nitrogens with two attached hydrogens (primary N) is 1. The van der Waals surface area contributed by atoms with Crippen molar-refractivity contribution in [3.63, 3.8) is 0 Å². The highest BCUT2D eigenvalue weighted by atomic mass is 16.4. The van der Waals surface area contributed by atoms with E-state index in [0.717, 1.165) is 12.8 Å². The summed E-state index contributed by atoms with van der Waals surface area (Å²) in [7, 11) is 0. The molecule has 0 aliphatic heterocycles. The molecular weight excluding hydrogens is 256 g/mol. The van der Waals surface area contributed by atoms with Gasteiger partial charge in [0.1, 0.15) is 0 Å². The van der Waals surface area contributed by atoms with Gasteiger partial charge < -0.3 is 16.2 Å². The molecule has 0 saturated heterocycles. The second kappa shape index (κ2) is 8.95. The SMILES string of the molecule is CC(C)CC(CNC(=O)CCC(C)(C)CCN)C(=O)O. The highest BCUT2D eigenvalue weighted by molar-refractivity contribution is 5.77. The van der Waals surface area contributed by atoms with Gasteiger partial charge in [-0.1, -0.05) is 27.7 Å². The van der Waals surface area contributed by atoms with Crippen LogP contribution in [0.1, 0.15) is 53.4 Å². The molecule has 0 bridgehead atoms. The fourth-order valence-corrected chi connectivity index (χ4v) is 2.13. The maximum absolute atomic E-state index is 11.8. The van der Waals surface area contributed by atoms with E-state index in [2.05, 4.69) is 19.2 Å². The molecule has 5 heteroatoms. The second-order valence-electron chi connectivity index (χ2n) is 6.67. The summed E-state index contributed by atoms with van der Waals surface area (Å²) in [5.41, 5.74) is 5.59. The second-order valence-corrected chi connectivity index (χ2v) is 6.67. The number of nitrogens with one attached hydrogen (secondary N) is 1. The highest BCUT2D eigenvalue weighted by Crippen LogP contribution is 2.25. The van der Waals surface area contributed by atoms with Crippen molar-refractivity contribution in [2.24, 2.45) is 23.0 Å². The predicted octanol–water partition coefficient (Wildman–Crippen LogP) is 2.00. The van der Waals surface area contributed by atoms with Gasteiger partial charge in [-0.05, 0) is 37.1 Å². The number of carboxylic acids is 1. The molecule has 4 N–H and O–H groups in total. The third-order valence-corrected chi connectivity index (χ3v) is 3.50. The van der Waals surface area contributed by atoms with E-state index >= 15 is 0 Å². The molecule has 0 radical (unpaired) electrons. The Morgan fingerprint density at radius 2 is 1.85 bits per heavy atom. The minimum atomic E-state index is -0.845. The number of aliphatic carboxylic acids is 1. The van der Waals surface area contributed by atoms with Gasteiger partial charge in [0.25, 0.3) is 0 Å². The van der Waals surface area contributed by atoms with Crippen LogP contribution in [-0.4, -0.2) is 30.1 Å². The topological polar surface area (TPSA) is 92.4 Å². The molecule has 0 aromatic rings. The van der Waals surface area contributed by atoms with Gasteiger partial charge in [-0.2, -0.15) is 0 Å². The fraction of sp³-hybridized carbons (Fsp3) is 0.867. The van der Waals surface area contributed by atoms with Gasteiger partial charge in [0.15, 0.2) is 0 Å². The summed E-state index contributed by atoms with van der Waals surface area (Å²) >= 11 is 0. The number of carboxylic acid groups (broad SMARTS) is 1. The average molecular weight is 286 g/mol. The smallest absolute Gasteiger partial charge is 0.308 e. The van der Waals surface area contributed by atoms with Crippen LogP contribution in [-0.2, 0) is 9.59 Å². The minimum absolute atomic E-state index is 0.0518. The maximum atomic E-state index is 11.8. The summed E-state index contributed by atoms with van der Waals surface area (Å²) in [4.78, 5) is 22.9. The molecule has 118 valence electrons. The summed E-state index contributed by atoms with van der Waals surface area (Å²) in [5, 5.41) is 11.8. The Bertz CT molecular complexity index is 314. The Kier molecular flexibility index (Phi) is 8.46. The number of carbonyl (C=O) groups excluding carboxylic acids is 1. The van der Waals surface area contributed by atoms with Crippen molar-refractivity contribution in [1.82, 2.24) is 5.32 Å². The van der Waals surface area contributed by atoms with Gasteiger partial charge in [-0.3, -0.25) is 9.59 Å². The molecule has 0 aliphatic carbocycles. The Balaban J connectivity index is 4.11. The van der Waals surface area contributed by atoms with Crippen LogP contribution >= 0.6 is 0 Å². The molecule has 1 amide bonds. The summed E-state index contributed by atoms with van der Waals surface area (Å²) in [6.07, 6.45) is 2.64. The van der Waals surface area contributed by atoms with E-state index in [-0.39, 0.29) is 17.9 Å². The van der Waals surface area contributed by atoms with Crippen molar-refractivity contribution in [2.45, 2.75) is 53.4 Å². The first kappa shape index (κ1) is 18.9. The van der Waals surface area contributed by atoms with Crippen molar-refractivity contribution in [3.05, 3.63) is 0 Å². The molecule has 5 nitrogen and oxygen atoms in total. The lowest BCUT2D eigenvalue weighted by molar-refractivity contribution is -0.142. The lowest BCUT2D eigenvalue weighted by Crippen LogP contribution is -2.34. The van der Waals surface area contributed by atoms with Crippen LogP contribution in [0.5, 0.6) is 0 Å². The first-order valence-corrected chi connectivity index (χ1v) is 7.37. The number of amides is 1. The van der Waals surface area contributed by atoms with Crippen molar-refractivity contribution >= 4 is 11.9 Å². The Labute approximate surface area is 122 Å². The molecule has 0 aliphatic rings. The number of rotatable bonds is 10. The van der Waals surface area contributed by atoms with Gasteiger partial charge in [0, 0.05) is 13.0 Å². The van der Waals surface area contributed by atoms with E-state index in [4.69, 9.17) is 10.8 Å². The zero-order valence-corrected chi connectivity index (χ0v) is 13.2. The molecule has 20 heavy (non-hydrogen) atoms. The van der Waals surface area contributed by atoms with Crippen molar-refractivity contribution in [2.75, 3.05) is 13.1 Å². The van der Waals surface area contributed by atoms with Crippen molar-refractivity contribution < 1.29 is 14.7 Å². The van der Waals surface area contributed by atoms with Crippen molar-refractivity contribution in [3.8, 4) is 0 Å². The molecule has 0 rings (SSSR count). The van der Waals surface area contributed by atoms with Crippen LogP contribution in [0, 0.1) is 17.3 Å². The van der Waals surface area contributed by atoms with Crippen LogP contribution in [0.25, 0.3) is 0 Å². The molecule has 0 spiro atoms. The Hall–Kier alpha value is -1.10. The molecule has 0 aromatic carbocycles. The zero-order chi connectivity index (χ0) is 15.8. The lowest BCUT2D eigenvalue weighted by atomic mass is 9.84. The van der Waals surface area contributed by atoms with E-state index in [1.54, 1.807) is 0 Å². The molecule has 0 saturated carbocycles. The van der Waals surface area contributed by atoms with Gasteiger partial charge >= 0.3 is 5.97 Å². The summed E-state index contributed by atoms with van der Waals surface area (Å²) in [6.45, 7) is 8.96. The number of hydrogen-bond acceptors (Lipinski definition) is 3. The third-order valence-electron chi connectivity index (χ3n) is 3.50. The molecule has 1 atom stereocenters.